The maximum atomic E-state index is 12.4. The van der Waals surface area contributed by atoms with Gasteiger partial charge in [-0.15, -0.1) is 0 Å². The van der Waals surface area contributed by atoms with Crippen LogP contribution in [-0.4, -0.2) is 32.4 Å². The molecule has 10 heteroatoms. The third-order valence-electron chi connectivity index (χ3n) is 5.09. The zero-order valence-electron chi connectivity index (χ0n) is 18.2. The smallest absolute Gasteiger partial charge is 0.325 e. The van der Waals surface area contributed by atoms with Crippen molar-refractivity contribution in [1.29, 1.82) is 0 Å². The number of nitrogens with zero attached hydrogens (tertiary/aromatic N) is 2. The van der Waals surface area contributed by atoms with Gasteiger partial charge in [0.1, 0.15) is 12.3 Å². The van der Waals surface area contributed by atoms with Crippen LogP contribution in [0.4, 0.5) is 5.69 Å². The summed E-state index contributed by atoms with van der Waals surface area (Å²) in [5.74, 6) is 0.698. The van der Waals surface area contributed by atoms with E-state index in [0.29, 0.717) is 28.4 Å². The maximum Gasteiger partial charge on any atom is 0.325 e. The van der Waals surface area contributed by atoms with Crippen molar-refractivity contribution in [3.8, 4) is 11.5 Å². The van der Waals surface area contributed by atoms with Crippen LogP contribution in [0, 0.1) is 6.92 Å². The van der Waals surface area contributed by atoms with Gasteiger partial charge in [0, 0.05) is 41.8 Å². The highest BCUT2D eigenvalue weighted by Gasteiger charge is 2.12. The first-order valence-electron chi connectivity index (χ1n) is 10.3. The first kappa shape index (κ1) is 21.9. The minimum atomic E-state index is -0.569. The largest absolute Gasteiger partial charge is 0.493 e. The average molecular weight is 449 g/mol. The molecule has 1 aromatic carbocycles. The lowest BCUT2D eigenvalue weighted by Crippen LogP contribution is -2.27. The number of nitrogens with one attached hydrogen (secondary N) is 3. The van der Waals surface area contributed by atoms with Crippen molar-refractivity contribution in [2.45, 2.75) is 26.4 Å². The molecule has 0 unspecified atom stereocenters. The molecule has 170 valence electrons. The number of carbonyl (C=O) groups is 1. The molecule has 3 aromatic heterocycles. The highest BCUT2D eigenvalue weighted by atomic mass is 16.5. The molecule has 33 heavy (non-hydrogen) atoms. The SMILES string of the molecule is COc1ccc(NC(=O)CCc2c(C)[nH]c(=O)[nH]c2=O)cc1OCc1cn2ccccc2n1. The number of benzene rings is 1. The highest BCUT2D eigenvalue weighted by molar-refractivity contribution is 5.91. The Morgan fingerprint density at radius 3 is 2.76 bits per heavy atom. The molecule has 0 atom stereocenters. The lowest BCUT2D eigenvalue weighted by atomic mass is 10.1. The molecule has 10 nitrogen and oxygen atoms in total. The molecule has 0 aliphatic rings. The predicted molar refractivity (Wildman–Crippen MR) is 122 cm³/mol. The fraction of sp³-hybridized carbons (Fsp3) is 0.217. The second kappa shape index (κ2) is 9.43. The minimum Gasteiger partial charge on any atom is -0.493 e. The van der Waals surface area contributed by atoms with Gasteiger partial charge in [0.25, 0.3) is 5.56 Å². The quantitative estimate of drug-likeness (QED) is 0.378. The molecule has 3 N–H and O–H groups in total. The number of aromatic amines is 2. The van der Waals surface area contributed by atoms with E-state index < -0.39 is 11.2 Å². The summed E-state index contributed by atoms with van der Waals surface area (Å²) in [6.45, 7) is 1.85. The summed E-state index contributed by atoms with van der Waals surface area (Å²) in [5.41, 5.74) is 1.86. The number of amides is 1. The first-order valence-corrected chi connectivity index (χ1v) is 10.3. The molecule has 4 rings (SSSR count). The summed E-state index contributed by atoms with van der Waals surface area (Å²) < 4.78 is 13.2. The Labute approximate surface area is 188 Å². The van der Waals surface area contributed by atoms with Crippen LogP contribution in [0.15, 0.2) is 58.4 Å². The van der Waals surface area contributed by atoms with E-state index in [1.54, 1.807) is 25.1 Å². The van der Waals surface area contributed by atoms with Crippen molar-refractivity contribution in [3.63, 3.8) is 0 Å². The van der Waals surface area contributed by atoms with Crippen molar-refractivity contribution in [1.82, 2.24) is 19.4 Å². The molecule has 0 radical (unpaired) electrons. The number of aromatic nitrogens is 4. The van der Waals surface area contributed by atoms with Crippen LogP contribution in [-0.2, 0) is 17.8 Å². The molecule has 0 spiro atoms. The van der Waals surface area contributed by atoms with E-state index in [0.717, 1.165) is 11.3 Å². The van der Waals surface area contributed by atoms with Gasteiger partial charge in [0.05, 0.1) is 12.8 Å². The number of hydrogen-bond acceptors (Lipinski definition) is 6. The van der Waals surface area contributed by atoms with Gasteiger partial charge in [0.15, 0.2) is 11.5 Å². The number of carbonyl (C=O) groups excluding carboxylic acids is 1. The van der Waals surface area contributed by atoms with E-state index in [4.69, 9.17) is 9.47 Å². The van der Waals surface area contributed by atoms with Crippen LogP contribution in [0.1, 0.15) is 23.4 Å². The van der Waals surface area contributed by atoms with Gasteiger partial charge in [-0.3, -0.25) is 14.6 Å². The topological polar surface area (TPSA) is 131 Å². The van der Waals surface area contributed by atoms with E-state index in [-0.39, 0.29) is 25.4 Å². The number of ether oxygens (including phenoxy) is 2. The Morgan fingerprint density at radius 2 is 2.00 bits per heavy atom. The molecule has 1 amide bonds. The van der Waals surface area contributed by atoms with Gasteiger partial charge >= 0.3 is 5.69 Å². The van der Waals surface area contributed by atoms with Gasteiger partial charge < -0.3 is 24.2 Å². The minimum absolute atomic E-state index is 0.0689. The van der Waals surface area contributed by atoms with E-state index in [1.165, 1.54) is 7.11 Å². The maximum absolute atomic E-state index is 12.4. The second-order valence-corrected chi connectivity index (χ2v) is 7.41. The highest BCUT2D eigenvalue weighted by Crippen LogP contribution is 2.31. The number of pyridine rings is 1. The first-order chi connectivity index (χ1) is 15.9. The molecule has 4 aromatic rings. The van der Waals surface area contributed by atoms with E-state index in [2.05, 4.69) is 20.3 Å². The van der Waals surface area contributed by atoms with Crippen molar-refractivity contribution in [3.05, 3.63) is 86.6 Å². The number of imidazole rings is 1. The number of anilines is 1. The van der Waals surface area contributed by atoms with Gasteiger partial charge in [-0.25, -0.2) is 9.78 Å². The Kier molecular flexibility index (Phi) is 6.25. The molecule has 0 aliphatic carbocycles. The number of fused-ring (bicyclic) bond motifs is 1. The molecule has 0 saturated carbocycles. The Bertz CT molecular complexity index is 1390. The van der Waals surface area contributed by atoms with Crippen LogP contribution in [0.3, 0.4) is 0 Å². The van der Waals surface area contributed by atoms with E-state index >= 15 is 0 Å². The molecule has 0 saturated heterocycles. The molecule has 0 fully saturated rings. The van der Waals surface area contributed by atoms with Crippen LogP contribution >= 0.6 is 0 Å². The van der Waals surface area contributed by atoms with Crippen LogP contribution in [0.25, 0.3) is 5.65 Å². The van der Waals surface area contributed by atoms with Gasteiger partial charge in [-0.2, -0.15) is 0 Å². The van der Waals surface area contributed by atoms with Crippen LogP contribution in [0.5, 0.6) is 11.5 Å². The fourth-order valence-corrected chi connectivity index (χ4v) is 3.46. The molecular weight excluding hydrogens is 426 g/mol. The summed E-state index contributed by atoms with van der Waals surface area (Å²) in [6, 6.07) is 10.8. The monoisotopic (exact) mass is 449 g/mol. The van der Waals surface area contributed by atoms with Gasteiger partial charge in [0.2, 0.25) is 5.91 Å². The molecular formula is C23H23N5O5. The summed E-state index contributed by atoms with van der Waals surface area (Å²) in [7, 11) is 1.54. The van der Waals surface area contributed by atoms with E-state index in [1.807, 2.05) is 35.0 Å². The lowest BCUT2D eigenvalue weighted by Gasteiger charge is -2.12. The van der Waals surface area contributed by atoms with Crippen molar-refractivity contribution in [2.75, 3.05) is 12.4 Å². The third-order valence-corrected chi connectivity index (χ3v) is 5.09. The molecule has 0 bridgehead atoms. The summed E-state index contributed by atoms with van der Waals surface area (Å²) in [6.07, 6.45) is 4.05. The molecule has 0 aliphatic heterocycles. The van der Waals surface area contributed by atoms with Crippen LogP contribution < -0.4 is 26.0 Å². The number of rotatable bonds is 8. The average Bonchev–Trinajstić information content (AvgIpc) is 3.20. The molecule has 3 heterocycles. The summed E-state index contributed by atoms with van der Waals surface area (Å²) >= 11 is 0. The van der Waals surface area contributed by atoms with Crippen molar-refractivity contribution in [2.24, 2.45) is 0 Å². The number of H-pyrrole nitrogens is 2. The zero-order valence-corrected chi connectivity index (χ0v) is 18.2. The van der Waals surface area contributed by atoms with Crippen molar-refractivity contribution >= 4 is 17.2 Å². The van der Waals surface area contributed by atoms with Crippen LogP contribution in [0.2, 0.25) is 0 Å². The number of hydrogen-bond donors (Lipinski definition) is 3. The number of aryl methyl sites for hydroxylation is 1. The fourth-order valence-electron chi connectivity index (χ4n) is 3.46. The summed E-state index contributed by atoms with van der Waals surface area (Å²) in [4.78, 5) is 44.9. The Hall–Kier alpha value is -4.34. The standard InChI is InChI=1S/C23H23N5O5/c1-14-17(22(30)27-23(31)24-14)7-9-21(29)26-15-6-8-18(32-2)19(11-15)33-13-16-12-28-10-4-3-5-20(28)25-16/h3-6,8,10-12H,7,9,13H2,1-2H3,(H,26,29)(H2,24,27,30,31). The lowest BCUT2D eigenvalue weighted by molar-refractivity contribution is -0.116. The summed E-state index contributed by atoms with van der Waals surface area (Å²) in [5, 5.41) is 2.80. The third kappa shape index (κ3) is 5.12. The van der Waals surface area contributed by atoms with Gasteiger partial charge in [-0.1, -0.05) is 6.07 Å². The Balaban J connectivity index is 1.42. The van der Waals surface area contributed by atoms with Crippen molar-refractivity contribution < 1.29 is 14.3 Å². The van der Waals surface area contributed by atoms with E-state index in [9.17, 15) is 14.4 Å². The predicted octanol–water partition coefficient (Wildman–Crippen LogP) is 2.18. The van der Waals surface area contributed by atoms with Gasteiger partial charge in [-0.05, 0) is 37.6 Å². The second-order valence-electron chi connectivity index (χ2n) is 7.41. The normalized spacial score (nSPS) is 10.8. The number of methoxy groups -OCH3 is 1. The Morgan fingerprint density at radius 1 is 1.15 bits per heavy atom. The zero-order chi connectivity index (χ0) is 23.4.